The van der Waals surface area contributed by atoms with Crippen LogP contribution in [0.3, 0.4) is 0 Å². The van der Waals surface area contributed by atoms with Crippen molar-refractivity contribution in [2.45, 2.75) is 0 Å². The highest BCUT2D eigenvalue weighted by atomic mass is 19.1. The third kappa shape index (κ3) is 2.96. The smallest absolute Gasteiger partial charge is 0.211 e. The summed E-state index contributed by atoms with van der Waals surface area (Å²) in [5, 5.41) is 2.49. The van der Waals surface area contributed by atoms with E-state index in [0.717, 1.165) is 5.56 Å². The summed E-state index contributed by atoms with van der Waals surface area (Å²) in [7, 11) is 0. The number of hydrogen-bond donors (Lipinski definition) is 1. The largest absolute Gasteiger partial charge is 0.328 e. The molecule has 0 saturated carbocycles. The van der Waals surface area contributed by atoms with Gasteiger partial charge in [-0.25, -0.2) is 4.39 Å². The van der Waals surface area contributed by atoms with E-state index in [1.807, 2.05) is 30.3 Å². The number of halogens is 1. The highest BCUT2D eigenvalue weighted by Crippen LogP contribution is 2.15. The van der Waals surface area contributed by atoms with E-state index in [1.165, 1.54) is 18.2 Å². The summed E-state index contributed by atoms with van der Waals surface area (Å²) in [6.07, 6.45) is 0.543. The SMILES string of the molecule is O=CNc1ccc(F)cc1C#Cc1ccccc1. The maximum atomic E-state index is 13.1. The summed E-state index contributed by atoms with van der Waals surface area (Å²) in [5.74, 6) is 5.37. The predicted octanol–water partition coefficient (Wildman–Crippen LogP) is 2.79. The van der Waals surface area contributed by atoms with Crippen LogP contribution in [0.15, 0.2) is 48.5 Å². The van der Waals surface area contributed by atoms with Crippen LogP contribution in [0, 0.1) is 17.7 Å². The van der Waals surface area contributed by atoms with E-state index in [4.69, 9.17) is 0 Å². The number of rotatable bonds is 2. The highest BCUT2D eigenvalue weighted by Gasteiger charge is 2.00. The number of benzene rings is 2. The molecule has 3 heteroatoms. The van der Waals surface area contributed by atoms with Crippen molar-refractivity contribution in [2.75, 3.05) is 5.32 Å². The van der Waals surface area contributed by atoms with Crippen LogP contribution in [0.4, 0.5) is 10.1 Å². The van der Waals surface area contributed by atoms with E-state index in [-0.39, 0.29) is 5.82 Å². The Morgan fingerprint density at radius 1 is 1.06 bits per heavy atom. The molecule has 0 aliphatic carbocycles. The fraction of sp³-hybridized carbons (Fsp3) is 0. The molecule has 0 aliphatic rings. The van der Waals surface area contributed by atoms with Crippen LogP contribution < -0.4 is 5.32 Å². The van der Waals surface area contributed by atoms with Gasteiger partial charge in [0.15, 0.2) is 0 Å². The molecule has 0 spiro atoms. The summed E-state index contributed by atoms with van der Waals surface area (Å²) in [5.41, 5.74) is 1.78. The Morgan fingerprint density at radius 3 is 2.56 bits per heavy atom. The predicted molar refractivity (Wildman–Crippen MR) is 68.5 cm³/mol. The Kier molecular flexibility index (Phi) is 3.72. The van der Waals surface area contributed by atoms with E-state index in [9.17, 15) is 9.18 Å². The molecule has 18 heavy (non-hydrogen) atoms. The van der Waals surface area contributed by atoms with Gasteiger partial charge in [-0.15, -0.1) is 0 Å². The normalized spacial score (nSPS) is 9.17. The van der Waals surface area contributed by atoms with Gasteiger partial charge in [-0.3, -0.25) is 4.79 Å². The molecule has 2 aromatic rings. The maximum Gasteiger partial charge on any atom is 0.211 e. The van der Waals surface area contributed by atoms with Gasteiger partial charge in [0.1, 0.15) is 5.82 Å². The van der Waals surface area contributed by atoms with Gasteiger partial charge in [-0.2, -0.15) is 0 Å². The molecule has 0 heterocycles. The van der Waals surface area contributed by atoms with Crippen LogP contribution in [0.1, 0.15) is 11.1 Å². The molecule has 1 N–H and O–H groups in total. The Balaban J connectivity index is 2.36. The molecule has 2 nitrogen and oxygen atoms in total. The lowest BCUT2D eigenvalue weighted by molar-refractivity contribution is -0.105. The van der Waals surface area contributed by atoms with Crippen LogP contribution in [-0.2, 0) is 4.79 Å². The van der Waals surface area contributed by atoms with Crippen molar-refractivity contribution in [3.8, 4) is 11.8 Å². The van der Waals surface area contributed by atoms with E-state index >= 15 is 0 Å². The number of carbonyl (C=O) groups excluding carboxylic acids is 1. The number of carbonyl (C=O) groups is 1. The molecule has 0 aromatic heterocycles. The van der Waals surface area contributed by atoms with Crippen molar-refractivity contribution >= 4 is 12.1 Å². The molecule has 0 unspecified atom stereocenters. The molecule has 0 atom stereocenters. The molecule has 0 saturated heterocycles. The van der Waals surface area contributed by atoms with Gasteiger partial charge in [0.05, 0.1) is 11.3 Å². The Morgan fingerprint density at radius 2 is 1.83 bits per heavy atom. The monoisotopic (exact) mass is 239 g/mol. The maximum absolute atomic E-state index is 13.1. The van der Waals surface area contributed by atoms with Gasteiger partial charge in [0.2, 0.25) is 6.41 Å². The zero-order valence-corrected chi connectivity index (χ0v) is 9.48. The average Bonchev–Trinajstić information content (AvgIpc) is 2.40. The van der Waals surface area contributed by atoms with Crippen LogP contribution in [0.5, 0.6) is 0 Å². The van der Waals surface area contributed by atoms with Gasteiger partial charge < -0.3 is 5.32 Å². The van der Waals surface area contributed by atoms with Crippen molar-refractivity contribution in [2.24, 2.45) is 0 Å². The summed E-state index contributed by atoms with van der Waals surface area (Å²) >= 11 is 0. The molecule has 0 aliphatic heterocycles. The standard InChI is InChI=1S/C15H10FNO/c16-14-8-9-15(17-11-18)13(10-14)7-6-12-4-2-1-3-5-12/h1-5,8-11H,(H,17,18). The zero-order chi connectivity index (χ0) is 12.8. The molecule has 0 bridgehead atoms. The molecule has 88 valence electrons. The highest BCUT2D eigenvalue weighted by molar-refractivity contribution is 5.75. The van der Waals surface area contributed by atoms with E-state index in [2.05, 4.69) is 17.2 Å². The minimum atomic E-state index is -0.385. The van der Waals surface area contributed by atoms with Gasteiger partial charge in [0.25, 0.3) is 0 Å². The minimum absolute atomic E-state index is 0.385. The van der Waals surface area contributed by atoms with Gasteiger partial charge in [0, 0.05) is 5.56 Å². The van der Waals surface area contributed by atoms with Crippen LogP contribution in [-0.4, -0.2) is 6.41 Å². The Hall–Kier alpha value is -2.60. The first-order valence-electron chi connectivity index (χ1n) is 5.36. The second-order valence-electron chi connectivity index (χ2n) is 3.57. The number of hydrogen-bond acceptors (Lipinski definition) is 1. The third-order valence-electron chi connectivity index (χ3n) is 2.31. The first-order chi connectivity index (χ1) is 8.79. The van der Waals surface area contributed by atoms with Gasteiger partial charge in [-0.1, -0.05) is 30.0 Å². The van der Waals surface area contributed by atoms with Crippen molar-refractivity contribution in [1.82, 2.24) is 0 Å². The van der Waals surface area contributed by atoms with E-state index < -0.39 is 0 Å². The van der Waals surface area contributed by atoms with Gasteiger partial charge >= 0.3 is 0 Å². The van der Waals surface area contributed by atoms with Crippen molar-refractivity contribution < 1.29 is 9.18 Å². The van der Waals surface area contributed by atoms with E-state index in [1.54, 1.807) is 0 Å². The molecule has 1 amide bonds. The van der Waals surface area contributed by atoms with E-state index in [0.29, 0.717) is 17.7 Å². The first-order valence-corrected chi connectivity index (χ1v) is 5.36. The number of anilines is 1. The summed E-state index contributed by atoms with van der Waals surface area (Å²) in [6.45, 7) is 0. The lowest BCUT2D eigenvalue weighted by Gasteiger charge is -2.01. The lowest BCUT2D eigenvalue weighted by atomic mass is 10.1. The lowest BCUT2D eigenvalue weighted by Crippen LogP contribution is -1.97. The molecular weight excluding hydrogens is 229 g/mol. The van der Waals surface area contributed by atoms with Crippen molar-refractivity contribution in [1.29, 1.82) is 0 Å². The molecule has 2 aromatic carbocycles. The summed E-state index contributed by atoms with van der Waals surface area (Å²) < 4.78 is 13.1. The zero-order valence-electron chi connectivity index (χ0n) is 9.48. The average molecular weight is 239 g/mol. The van der Waals surface area contributed by atoms with Gasteiger partial charge in [-0.05, 0) is 30.3 Å². The summed E-state index contributed by atoms with van der Waals surface area (Å²) in [6, 6.07) is 13.4. The molecule has 0 radical (unpaired) electrons. The summed E-state index contributed by atoms with van der Waals surface area (Å²) in [4.78, 5) is 10.4. The third-order valence-corrected chi connectivity index (χ3v) is 2.31. The van der Waals surface area contributed by atoms with Crippen LogP contribution in [0.2, 0.25) is 0 Å². The fourth-order valence-corrected chi connectivity index (χ4v) is 1.47. The first kappa shape index (κ1) is 11.9. The topological polar surface area (TPSA) is 29.1 Å². The number of nitrogens with one attached hydrogen (secondary N) is 1. The Labute approximate surface area is 104 Å². The van der Waals surface area contributed by atoms with Crippen LogP contribution in [0.25, 0.3) is 0 Å². The molecular formula is C15H10FNO. The molecule has 2 rings (SSSR count). The quantitative estimate of drug-likeness (QED) is 0.633. The second kappa shape index (κ2) is 5.65. The number of amides is 1. The van der Waals surface area contributed by atoms with Crippen LogP contribution >= 0.6 is 0 Å². The minimum Gasteiger partial charge on any atom is -0.328 e. The van der Waals surface area contributed by atoms with Crippen molar-refractivity contribution in [3.05, 3.63) is 65.5 Å². The Bertz CT molecular complexity index is 611. The fourth-order valence-electron chi connectivity index (χ4n) is 1.47. The second-order valence-corrected chi connectivity index (χ2v) is 3.57. The molecule has 0 fully saturated rings. The van der Waals surface area contributed by atoms with Crippen molar-refractivity contribution in [3.63, 3.8) is 0 Å².